The molecule has 2 aliphatic heterocycles. The molecule has 0 bridgehead atoms. The second-order valence-corrected chi connectivity index (χ2v) is 5.56. The highest BCUT2D eigenvalue weighted by atomic mass is 16.3. The van der Waals surface area contributed by atoms with E-state index in [0.29, 0.717) is 6.04 Å². The summed E-state index contributed by atoms with van der Waals surface area (Å²) in [6.45, 7) is 4.13. The van der Waals surface area contributed by atoms with Crippen molar-refractivity contribution in [2.45, 2.75) is 31.4 Å². The molecule has 0 saturated carbocycles. The van der Waals surface area contributed by atoms with Crippen molar-refractivity contribution in [1.29, 1.82) is 0 Å². The average Bonchev–Trinajstić information content (AvgIpc) is 2.68. The molecule has 3 heteroatoms. The molecule has 1 aromatic carbocycles. The van der Waals surface area contributed by atoms with Gasteiger partial charge >= 0.3 is 0 Å². The monoisotopic (exact) mass is 246 g/mol. The van der Waals surface area contributed by atoms with Crippen molar-refractivity contribution in [2.75, 3.05) is 26.2 Å². The summed E-state index contributed by atoms with van der Waals surface area (Å²) in [7, 11) is 0. The van der Waals surface area contributed by atoms with Crippen molar-refractivity contribution in [3.63, 3.8) is 0 Å². The molecule has 3 rings (SSSR count). The van der Waals surface area contributed by atoms with E-state index in [1.165, 1.54) is 11.1 Å². The Balaban J connectivity index is 1.58. The number of aliphatic hydroxyl groups is 1. The highest BCUT2D eigenvalue weighted by Crippen LogP contribution is 2.16. The third-order valence-electron chi connectivity index (χ3n) is 4.19. The van der Waals surface area contributed by atoms with Crippen LogP contribution in [0.4, 0.5) is 0 Å². The third kappa shape index (κ3) is 2.74. The maximum absolute atomic E-state index is 9.55. The molecule has 0 amide bonds. The second kappa shape index (κ2) is 5.39. The number of hydrogen-bond donors (Lipinski definition) is 2. The minimum absolute atomic E-state index is 0.140. The van der Waals surface area contributed by atoms with Gasteiger partial charge in [0.15, 0.2) is 0 Å². The Morgan fingerprint density at radius 3 is 2.39 bits per heavy atom. The SMILES string of the molecule is OC1CNC(CN2CCc3ccccc3CC2)C1. The number of benzene rings is 1. The maximum Gasteiger partial charge on any atom is 0.0680 e. The smallest absolute Gasteiger partial charge is 0.0680 e. The molecule has 1 aromatic rings. The Bertz CT molecular complexity index is 380. The van der Waals surface area contributed by atoms with E-state index in [4.69, 9.17) is 0 Å². The van der Waals surface area contributed by atoms with E-state index < -0.39 is 0 Å². The molecule has 2 unspecified atom stereocenters. The highest BCUT2D eigenvalue weighted by Gasteiger charge is 2.24. The summed E-state index contributed by atoms with van der Waals surface area (Å²) in [6, 6.07) is 9.28. The topological polar surface area (TPSA) is 35.5 Å². The fourth-order valence-electron chi connectivity index (χ4n) is 3.15. The molecule has 0 radical (unpaired) electrons. The quantitative estimate of drug-likeness (QED) is 0.810. The van der Waals surface area contributed by atoms with Crippen molar-refractivity contribution in [2.24, 2.45) is 0 Å². The van der Waals surface area contributed by atoms with E-state index in [-0.39, 0.29) is 6.10 Å². The van der Waals surface area contributed by atoms with Gasteiger partial charge in [0.05, 0.1) is 6.10 Å². The summed E-state index contributed by atoms with van der Waals surface area (Å²) < 4.78 is 0. The molecule has 18 heavy (non-hydrogen) atoms. The van der Waals surface area contributed by atoms with Gasteiger partial charge in [0, 0.05) is 32.2 Å². The second-order valence-electron chi connectivity index (χ2n) is 5.56. The van der Waals surface area contributed by atoms with Crippen LogP contribution < -0.4 is 5.32 Å². The molecule has 2 aliphatic rings. The standard InChI is InChI=1S/C15H22N2O/c18-15-9-14(16-10-15)11-17-7-5-12-3-1-2-4-13(12)6-8-17/h1-4,14-16,18H,5-11H2. The van der Waals surface area contributed by atoms with E-state index in [1.807, 2.05) is 0 Å². The molecule has 3 nitrogen and oxygen atoms in total. The number of nitrogens with zero attached hydrogens (tertiary/aromatic N) is 1. The fourth-order valence-corrected chi connectivity index (χ4v) is 3.15. The van der Waals surface area contributed by atoms with Crippen molar-refractivity contribution in [1.82, 2.24) is 10.2 Å². The van der Waals surface area contributed by atoms with Gasteiger partial charge in [-0.1, -0.05) is 24.3 Å². The third-order valence-corrected chi connectivity index (χ3v) is 4.19. The van der Waals surface area contributed by atoms with Gasteiger partial charge in [-0.3, -0.25) is 0 Å². The summed E-state index contributed by atoms with van der Waals surface area (Å²) in [5, 5.41) is 12.9. The highest BCUT2D eigenvalue weighted by molar-refractivity contribution is 5.28. The lowest BCUT2D eigenvalue weighted by Crippen LogP contribution is -2.38. The first kappa shape index (κ1) is 12.2. The number of hydrogen-bond acceptors (Lipinski definition) is 3. The van der Waals surface area contributed by atoms with Gasteiger partial charge in [0.25, 0.3) is 0 Å². The summed E-state index contributed by atoms with van der Waals surface area (Å²) in [5.41, 5.74) is 3.03. The lowest BCUT2D eigenvalue weighted by Gasteiger charge is -2.23. The Morgan fingerprint density at radius 1 is 1.17 bits per heavy atom. The predicted molar refractivity (Wildman–Crippen MR) is 72.7 cm³/mol. The largest absolute Gasteiger partial charge is 0.392 e. The maximum atomic E-state index is 9.55. The number of fused-ring (bicyclic) bond motifs is 1. The molecule has 2 atom stereocenters. The van der Waals surface area contributed by atoms with Crippen LogP contribution in [-0.4, -0.2) is 48.3 Å². The van der Waals surface area contributed by atoms with Crippen molar-refractivity contribution in [3.8, 4) is 0 Å². The zero-order chi connectivity index (χ0) is 12.4. The molecule has 98 valence electrons. The van der Waals surface area contributed by atoms with Gasteiger partial charge in [-0.05, 0) is 30.4 Å². The van der Waals surface area contributed by atoms with E-state index in [9.17, 15) is 5.11 Å². The minimum atomic E-state index is -0.140. The van der Waals surface area contributed by atoms with E-state index in [1.54, 1.807) is 0 Å². The number of rotatable bonds is 2. The van der Waals surface area contributed by atoms with Crippen LogP contribution in [0.25, 0.3) is 0 Å². The van der Waals surface area contributed by atoms with Gasteiger partial charge in [-0.25, -0.2) is 0 Å². The molecule has 0 aliphatic carbocycles. The Morgan fingerprint density at radius 2 is 1.83 bits per heavy atom. The van der Waals surface area contributed by atoms with Crippen LogP contribution in [0.2, 0.25) is 0 Å². The van der Waals surface area contributed by atoms with Crippen molar-refractivity contribution < 1.29 is 5.11 Å². The molecule has 0 aromatic heterocycles. The van der Waals surface area contributed by atoms with Crippen LogP contribution >= 0.6 is 0 Å². The Hall–Kier alpha value is -0.900. The van der Waals surface area contributed by atoms with Crippen LogP contribution in [0.1, 0.15) is 17.5 Å². The minimum Gasteiger partial charge on any atom is -0.392 e. The summed E-state index contributed by atoms with van der Waals surface area (Å²) in [4.78, 5) is 2.54. The van der Waals surface area contributed by atoms with Crippen molar-refractivity contribution >= 4 is 0 Å². The number of aliphatic hydroxyl groups excluding tert-OH is 1. The molecular weight excluding hydrogens is 224 g/mol. The Labute approximate surface area is 109 Å². The lowest BCUT2D eigenvalue weighted by atomic mass is 10.0. The molecule has 0 spiro atoms. The van der Waals surface area contributed by atoms with Crippen LogP contribution in [0.3, 0.4) is 0 Å². The van der Waals surface area contributed by atoms with E-state index in [2.05, 4.69) is 34.5 Å². The van der Waals surface area contributed by atoms with Gasteiger partial charge in [0.1, 0.15) is 0 Å². The van der Waals surface area contributed by atoms with Gasteiger partial charge in [-0.15, -0.1) is 0 Å². The first-order valence-electron chi connectivity index (χ1n) is 7.02. The summed E-state index contributed by atoms with van der Waals surface area (Å²) in [5.74, 6) is 0. The normalized spacial score (nSPS) is 28.9. The number of β-amino-alcohol motifs (C(OH)–C–C–N with tert-alkyl or cyclic N) is 1. The Kier molecular flexibility index (Phi) is 3.64. The van der Waals surface area contributed by atoms with Crippen LogP contribution in [0, 0.1) is 0 Å². The molecule has 1 saturated heterocycles. The first-order valence-corrected chi connectivity index (χ1v) is 7.02. The van der Waals surface area contributed by atoms with Crippen LogP contribution in [0.5, 0.6) is 0 Å². The van der Waals surface area contributed by atoms with E-state index in [0.717, 1.165) is 45.4 Å². The molecule has 1 fully saturated rings. The molecular formula is C15H22N2O. The van der Waals surface area contributed by atoms with E-state index >= 15 is 0 Å². The van der Waals surface area contributed by atoms with Crippen LogP contribution in [0.15, 0.2) is 24.3 Å². The average molecular weight is 246 g/mol. The van der Waals surface area contributed by atoms with Crippen molar-refractivity contribution in [3.05, 3.63) is 35.4 Å². The lowest BCUT2D eigenvalue weighted by molar-refractivity contribution is 0.187. The fraction of sp³-hybridized carbons (Fsp3) is 0.600. The summed E-state index contributed by atoms with van der Waals surface area (Å²) in [6.07, 6.45) is 3.08. The molecule has 2 N–H and O–H groups in total. The molecule has 2 heterocycles. The first-order chi connectivity index (χ1) is 8.81. The zero-order valence-corrected chi connectivity index (χ0v) is 10.8. The summed E-state index contributed by atoms with van der Waals surface area (Å²) >= 11 is 0. The zero-order valence-electron chi connectivity index (χ0n) is 10.8. The number of nitrogens with one attached hydrogen (secondary N) is 1. The van der Waals surface area contributed by atoms with Gasteiger partial charge in [0.2, 0.25) is 0 Å². The van der Waals surface area contributed by atoms with Gasteiger partial charge < -0.3 is 15.3 Å². The van der Waals surface area contributed by atoms with Crippen LogP contribution in [-0.2, 0) is 12.8 Å². The van der Waals surface area contributed by atoms with Gasteiger partial charge in [-0.2, -0.15) is 0 Å². The predicted octanol–water partition coefficient (Wildman–Crippen LogP) is 0.810.